The normalized spacial score (nSPS) is 18.0. The SMILES string of the molecule is COc1cc2c(cc1OCc1cccc(CC(=O)N3C[C@@H](CCl)c4c3cc(O)c3ccccc43)c1)N=C[C@@H]1CC(c3ccsc3)=CCN1C2=O. The van der Waals surface area contributed by atoms with Crippen molar-refractivity contribution in [3.63, 3.8) is 0 Å². The number of aliphatic imine (C=N–C) groups is 1. The fourth-order valence-electron chi connectivity index (χ4n) is 7.28. The maximum Gasteiger partial charge on any atom is 0.257 e. The summed E-state index contributed by atoms with van der Waals surface area (Å²) >= 11 is 8.05. The number of amides is 2. The fraction of sp³-hybridized carbons (Fsp3) is 0.225. The molecule has 4 aromatic carbocycles. The number of hydrogen-bond donors (Lipinski definition) is 1. The zero-order valence-corrected chi connectivity index (χ0v) is 28.9. The van der Waals surface area contributed by atoms with Gasteiger partial charge in [0.05, 0.1) is 36.5 Å². The number of halogens is 1. The van der Waals surface area contributed by atoms with Crippen molar-refractivity contribution in [2.24, 2.45) is 4.99 Å². The van der Waals surface area contributed by atoms with Gasteiger partial charge < -0.3 is 24.4 Å². The summed E-state index contributed by atoms with van der Waals surface area (Å²) in [5.74, 6) is 1.24. The summed E-state index contributed by atoms with van der Waals surface area (Å²) in [5.41, 5.74) is 6.86. The molecule has 4 heterocycles. The summed E-state index contributed by atoms with van der Waals surface area (Å²) in [7, 11) is 1.55. The number of hydrogen-bond acceptors (Lipinski definition) is 7. The van der Waals surface area contributed by atoms with Gasteiger partial charge in [0.25, 0.3) is 5.91 Å². The van der Waals surface area contributed by atoms with Crippen LogP contribution in [-0.4, -0.2) is 60.2 Å². The first-order valence-electron chi connectivity index (χ1n) is 16.5. The molecule has 3 aliphatic rings. The number of carbonyl (C=O) groups excluding carboxylic acids is 2. The molecule has 10 heteroatoms. The molecule has 0 saturated heterocycles. The molecule has 50 heavy (non-hydrogen) atoms. The van der Waals surface area contributed by atoms with E-state index in [0.29, 0.717) is 53.8 Å². The van der Waals surface area contributed by atoms with E-state index in [1.807, 2.05) is 59.6 Å². The number of phenolic OH excluding ortho intramolecular Hbond substituents is 1. The van der Waals surface area contributed by atoms with Gasteiger partial charge in [0.15, 0.2) is 11.5 Å². The maximum absolute atomic E-state index is 13.7. The standard InChI is InChI=1S/C40H34ClN3O5S/c1-48-36-16-32-33(42-20-29-15-26(27-10-12-50-23-27)9-11-43(29)40(32)47)17-37(36)49-22-25-6-4-5-24(13-25)14-38(46)44-21-28(19-41)39-31-8-3-2-7-30(31)35(45)18-34(39)44/h2-10,12-13,16-18,20,23,28-29,45H,11,14-15,19,21-22H2,1H3/t28-,29+/m1/s1. The molecule has 0 aliphatic carbocycles. The summed E-state index contributed by atoms with van der Waals surface area (Å²) < 4.78 is 11.9. The number of anilines is 1. The van der Waals surface area contributed by atoms with Crippen LogP contribution in [0.25, 0.3) is 16.3 Å². The van der Waals surface area contributed by atoms with Gasteiger partial charge in [-0.1, -0.05) is 54.6 Å². The summed E-state index contributed by atoms with van der Waals surface area (Å²) in [6, 6.07) is 22.5. The average molecular weight is 704 g/mol. The molecule has 0 saturated carbocycles. The van der Waals surface area contributed by atoms with Gasteiger partial charge in [-0.2, -0.15) is 11.3 Å². The highest BCUT2D eigenvalue weighted by molar-refractivity contribution is 7.08. The monoisotopic (exact) mass is 703 g/mol. The van der Waals surface area contributed by atoms with Gasteiger partial charge in [-0.15, -0.1) is 11.6 Å². The van der Waals surface area contributed by atoms with E-state index in [0.717, 1.165) is 27.5 Å². The van der Waals surface area contributed by atoms with Gasteiger partial charge in [0, 0.05) is 48.6 Å². The van der Waals surface area contributed by atoms with Crippen molar-refractivity contribution in [2.45, 2.75) is 31.4 Å². The molecule has 1 N–H and O–H groups in total. The second-order valence-electron chi connectivity index (χ2n) is 12.8. The Kier molecular flexibility index (Phi) is 8.54. The molecule has 2 amide bonds. The highest BCUT2D eigenvalue weighted by atomic mass is 35.5. The Balaban J connectivity index is 0.986. The predicted molar refractivity (Wildman–Crippen MR) is 199 cm³/mol. The van der Waals surface area contributed by atoms with E-state index < -0.39 is 0 Å². The summed E-state index contributed by atoms with van der Waals surface area (Å²) in [6.45, 7) is 1.19. The molecule has 5 aromatic rings. The van der Waals surface area contributed by atoms with Crippen LogP contribution in [0.3, 0.4) is 0 Å². The molecule has 3 aliphatic heterocycles. The summed E-state index contributed by atoms with van der Waals surface area (Å²) in [4.78, 5) is 35.8. The van der Waals surface area contributed by atoms with E-state index in [9.17, 15) is 14.7 Å². The van der Waals surface area contributed by atoms with E-state index in [1.54, 1.807) is 41.5 Å². The Morgan fingerprint density at radius 3 is 2.68 bits per heavy atom. The van der Waals surface area contributed by atoms with Crippen molar-refractivity contribution in [3.8, 4) is 17.2 Å². The first kappa shape index (κ1) is 32.1. The molecular formula is C40H34ClN3O5S. The van der Waals surface area contributed by atoms with E-state index in [-0.39, 0.29) is 42.6 Å². The number of thiophene rings is 1. The van der Waals surface area contributed by atoms with Crippen LogP contribution in [0.5, 0.6) is 17.2 Å². The lowest BCUT2D eigenvalue weighted by atomic mass is 9.95. The van der Waals surface area contributed by atoms with E-state index in [1.165, 1.54) is 11.1 Å². The van der Waals surface area contributed by atoms with Crippen molar-refractivity contribution in [1.82, 2.24) is 4.90 Å². The largest absolute Gasteiger partial charge is 0.507 e. The first-order chi connectivity index (χ1) is 24.4. The van der Waals surface area contributed by atoms with Crippen molar-refractivity contribution < 1.29 is 24.2 Å². The number of carbonyl (C=O) groups is 2. The zero-order chi connectivity index (χ0) is 34.4. The zero-order valence-electron chi connectivity index (χ0n) is 27.3. The second-order valence-corrected chi connectivity index (χ2v) is 13.9. The maximum atomic E-state index is 13.7. The van der Waals surface area contributed by atoms with Gasteiger partial charge >= 0.3 is 0 Å². The Labute approximate surface area is 298 Å². The number of aromatic hydroxyl groups is 1. The second kappa shape index (κ2) is 13.3. The number of rotatable bonds is 8. The van der Waals surface area contributed by atoms with Gasteiger partial charge in [0.1, 0.15) is 12.4 Å². The Morgan fingerprint density at radius 1 is 1.04 bits per heavy atom. The number of phenols is 1. The number of nitrogens with zero attached hydrogens (tertiary/aromatic N) is 3. The predicted octanol–water partition coefficient (Wildman–Crippen LogP) is 8.12. The number of fused-ring (bicyclic) bond motifs is 5. The lowest BCUT2D eigenvalue weighted by Crippen LogP contribution is -2.43. The molecule has 8 nitrogen and oxygen atoms in total. The average Bonchev–Trinajstić information content (AvgIpc) is 3.79. The van der Waals surface area contributed by atoms with Gasteiger partial charge in [0.2, 0.25) is 5.91 Å². The lowest BCUT2D eigenvalue weighted by molar-refractivity contribution is -0.117. The van der Waals surface area contributed by atoms with Crippen molar-refractivity contribution in [1.29, 1.82) is 0 Å². The van der Waals surface area contributed by atoms with Crippen LogP contribution in [0.2, 0.25) is 0 Å². The number of methoxy groups -OCH3 is 1. The minimum absolute atomic E-state index is 0.0297. The highest BCUT2D eigenvalue weighted by Gasteiger charge is 2.35. The van der Waals surface area contributed by atoms with Crippen molar-refractivity contribution >= 4 is 68.7 Å². The summed E-state index contributed by atoms with van der Waals surface area (Å²) in [6.07, 6.45) is 4.86. The van der Waals surface area contributed by atoms with Crippen molar-refractivity contribution in [3.05, 3.63) is 117 Å². The van der Waals surface area contributed by atoms with E-state index in [4.69, 9.17) is 26.1 Å². The first-order valence-corrected chi connectivity index (χ1v) is 18.0. The molecule has 0 fully saturated rings. The third kappa shape index (κ3) is 5.80. The van der Waals surface area contributed by atoms with Crippen LogP contribution in [-0.2, 0) is 17.8 Å². The quantitative estimate of drug-likeness (QED) is 0.165. The molecule has 8 rings (SSSR count). The van der Waals surface area contributed by atoms with E-state index >= 15 is 0 Å². The lowest BCUT2D eigenvalue weighted by Gasteiger charge is -2.32. The minimum Gasteiger partial charge on any atom is -0.507 e. The van der Waals surface area contributed by atoms with Crippen LogP contribution >= 0.6 is 22.9 Å². The number of ether oxygens (including phenoxy) is 2. The fourth-order valence-corrected chi connectivity index (χ4v) is 8.21. The molecule has 0 bridgehead atoms. The number of alkyl halides is 1. The molecule has 0 spiro atoms. The molecule has 2 atom stereocenters. The minimum atomic E-state index is -0.143. The van der Waals surface area contributed by atoms with E-state index in [2.05, 4.69) is 22.9 Å². The Hall–Kier alpha value is -5.12. The molecular weight excluding hydrogens is 670 g/mol. The highest BCUT2D eigenvalue weighted by Crippen LogP contribution is 2.45. The topological polar surface area (TPSA) is 91.7 Å². The molecule has 252 valence electrons. The smallest absolute Gasteiger partial charge is 0.257 e. The van der Waals surface area contributed by atoms with Crippen LogP contribution < -0.4 is 14.4 Å². The molecule has 0 radical (unpaired) electrons. The van der Waals surface area contributed by atoms with Crippen molar-refractivity contribution in [2.75, 3.05) is 31.0 Å². The summed E-state index contributed by atoms with van der Waals surface area (Å²) in [5, 5.41) is 16.6. The van der Waals surface area contributed by atoms with Gasteiger partial charge in [-0.25, -0.2) is 0 Å². The van der Waals surface area contributed by atoms with Crippen LogP contribution in [0, 0.1) is 0 Å². The molecule has 1 aromatic heterocycles. The van der Waals surface area contributed by atoms with Crippen LogP contribution in [0.1, 0.15) is 45.0 Å². The van der Waals surface area contributed by atoms with Gasteiger partial charge in [-0.3, -0.25) is 14.6 Å². The third-order valence-electron chi connectivity index (χ3n) is 9.79. The Bertz CT molecular complexity index is 2200. The van der Waals surface area contributed by atoms with Crippen LogP contribution in [0.15, 0.2) is 94.6 Å². The third-order valence-corrected chi connectivity index (χ3v) is 10.8. The Morgan fingerprint density at radius 2 is 1.88 bits per heavy atom. The van der Waals surface area contributed by atoms with Gasteiger partial charge in [-0.05, 0) is 62.5 Å². The number of benzene rings is 4. The van der Waals surface area contributed by atoms with Crippen LogP contribution in [0.4, 0.5) is 11.4 Å². The molecule has 0 unspecified atom stereocenters.